The second-order valence-electron chi connectivity index (χ2n) is 6.22. The number of hydrogen-bond acceptors (Lipinski definition) is 2. The number of carbonyl (C=O) groups excluding carboxylic acids is 1. The van der Waals surface area contributed by atoms with Crippen LogP contribution in [0.1, 0.15) is 44.6 Å². The molecule has 1 aromatic carbocycles. The quantitative estimate of drug-likeness (QED) is 0.849. The van der Waals surface area contributed by atoms with Crippen molar-refractivity contribution >= 4 is 11.9 Å². The van der Waals surface area contributed by atoms with Crippen molar-refractivity contribution in [3.05, 3.63) is 35.9 Å². The molecule has 0 bridgehead atoms. The van der Waals surface area contributed by atoms with Gasteiger partial charge in [-0.15, -0.1) is 0 Å². The van der Waals surface area contributed by atoms with Gasteiger partial charge in [0.15, 0.2) is 0 Å². The van der Waals surface area contributed by atoms with Gasteiger partial charge in [-0.2, -0.15) is 0 Å². The fourth-order valence-corrected chi connectivity index (χ4v) is 3.17. The Morgan fingerprint density at radius 3 is 2.36 bits per heavy atom. The van der Waals surface area contributed by atoms with E-state index in [1.807, 2.05) is 30.3 Å². The minimum atomic E-state index is -0.973. The first-order valence-corrected chi connectivity index (χ1v) is 8.17. The van der Waals surface area contributed by atoms with E-state index in [-0.39, 0.29) is 11.8 Å². The molecule has 0 radical (unpaired) electrons. The molecule has 4 nitrogen and oxygen atoms in total. The molecule has 0 aromatic heterocycles. The van der Waals surface area contributed by atoms with Crippen LogP contribution in [0, 0.1) is 11.8 Å². The molecule has 1 amide bonds. The summed E-state index contributed by atoms with van der Waals surface area (Å²) < 4.78 is 0. The molecule has 1 aromatic rings. The van der Waals surface area contributed by atoms with Gasteiger partial charge in [-0.25, -0.2) is 4.79 Å². The number of rotatable bonds is 6. The van der Waals surface area contributed by atoms with E-state index in [4.69, 9.17) is 0 Å². The van der Waals surface area contributed by atoms with Crippen molar-refractivity contribution in [1.82, 2.24) is 5.32 Å². The van der Waals surface area contributed by atoms with Crippen molar-refractivity contribution in [2.75, 3.05) is 0 Å². The number of benzene rings is 1. The van der Waals surface area contributed by atoms with Crippen molar-refractivity contribution < 1.29 is 14.7 Å². The number of aliphatic carboxylic acids is 1. The fraction of sp³-hybridized carbons (Fsp3) is 0.556. The highest BCUT2D eigenvalue weighted by molar-refractivity contribution is 5.85. The van der Waals surface area contributed by atoms with Gasteiger partial charge in [0.2, 0.25) is 5.91 Å². The summed E-state index contributed by atoms with van der Waals surface area (Å²) in [7, 11) is 0. The van der Waals surface area contributed by atoms with Gasteiger partial charge in [0.1, 0.15) is 6.04 Å². The van der Waals surface area contributed by atoms with Gasteiger partial charge in [0.05, 0.1) is 0 Å². The molecule has 4 heteroatoms. The maximum atomic E-state index is 12.3. The molecule has 1 aliphatic carbocycles. The molecule has 0 spiro atoms. The molecule has 1 atom stereocenters. The zero-order chi connectivity index (χ0) is 15.9. The van der Waals surface area contributed by atoms with Gasteiger partial charge in [0, 0.05) is 12.3 Å². The number of amides is 1. The van der Waals surface area contributed by atoms with Gasteiger partial charge < -0.3 is 10.4 Å². The Labute approximate surface area is 131 Å². The third kappa shape index (κ3) is 4.58. The van der Waals surface area contributed by atoms with Crippen molar-refractivity contribution in [2.45, 2.75) is 51.5 Å². The highest BCUT2D eigenvalue weighted by atomic mass is 16.4. The monoisotopic (exact) mass is 303 g/mol. The van der Waals surface area contributed by atoms with Crippen molar-refractivity contribution in [2.24, 2.45) is 11.8 Å². The SMILES string of the molecule is CCC1CCC(C(=O)N[C@H](Cc2ccccc2)C(=O)O)CC1. The summed E-state index contributed by atoms with van der Waals surface area (Å²) in [4.78, 5) is 23.7. The molecule has 2 rings (SSSR count). The lowest BCUT2D eigenvalue weighted by Crippen LogP contribution is -2.45. The third-order valence-electron chi connectivity index (χ3n) is 4.69. The Bertz CT molecular complexity index is 492. The number of carboxylic acids is 1. The minimum absolute atomic E-state index is 0.0274. The molecule has 1 saturated carbocycles. The number of carbonyl (C=O) groups is 2. The lowest BCUT2D eigenvalue weighted by molar-refractivity contribution is -0.142. The maximum absolute atomic E-state index is 12.3. The lowest BCUT2D eigenvalue weighted by atomic mass is 9.80. The molecule has 120 valence electrons. The van der Waals surface area contributed by atoms with E-state index in [2.05, 4.69) is 12.2 Å². The minimum Gasteiger partial charge on any atom is -0.480 e. The van der Waals surface area contributed by atoms with E-state index in [0.29, 0.717) is 6.42 Å². The van der Waals surface area contributed by atoms with Crippen LogP contribution in [0.25, 0.3) is 0 Å². The van der Waals surface area contributed by atoms with Crippen molar-refractivity contribution in [1.29, 1.82) is 0 Å². The molecule has 0 heterocycles. The normalized spacial score (nSPS) is 22.8. The fourth-order valence-electron chi connectivity index (χ4n) is 3.17. The first-order chi connectivity index (χ1) is 10.6. The number of hydrogen-bond donors (Lipinski definition) is 2. The molecular formula is C18H25NO3. The summed E-state index contributed by atoms with van der Waals surface area (Å²) in [5.74, 6) is -0.374. The predicted molar refractivity (Wildman–Crippen MR) is 85.5 cm³/mol. The van der Waals surface area contributed by atoms with E-state index in [1.54, 1.807) is 0 Å². The van der Waals surface area contributed by atoms with Crippen LogP contribution in [0.3, 0.4) is 0 Å². The topological polar surface area (TPSA) is 66.4 Å². The average Bonchev–Trinajstić information content (AvgIpc) is 2.55. The Kier molecular flexibility index (Phi) is 5.99. The predicted octanol–water partition coefficient (Wildman–Crippen LogP) is 3.01. The summed E-state index contributed by atoms with van der Waals surface area (Å²) >= 11 is 0. The molecule has 2 N–H and O–H groups in total. The van der Waals surface area contributed by atoms with E-state index in [0.717, 1.165) is 37.2 Å². The van der Waals surface area contributed by atoms with Crippen LogP contribution in [0.2, 0.25) is 0 Å². The van der Waals surface area contributed by atoms with E-state index >= 15 is 0 Å². The first kappa shape index (κ1) is 16.5. The third-order valence-corrected chi connectivity index (χ3v) is 4.69. The first-order valence-electron chi connectivity index (χ1n) is 8.17. The molecule has 1 aliphatic rings. The van der Waals surface area contributed by atoms with E-state index < -0.39 is 12.0 Å². The largest absolute Gasteiger partial charge is 0.480 e. The van der Waals surface area contributed by atoms with Crippen molar-refractivity contribution in [3.63, 3.8) is 0 Å². The van der Waals surface area contributed by atoms with Crippen LogP contribution in [-0.2, 0) is 16.0 Å². The molecule has 22 heavy (non-hydrogen) atoms. The van der Waals surface area contributed by atoms with Crippen LogP contribution in [-0.4, -0.2) is 23.0 Å². The van der Waals surface area contributed by atoms with Crippen LogP contribution >= 0.6 is 0 Å². The van der Waals surface area contributed by atoms with Gasteiger partial charge in [-0.3, -0.25) is 4.79 Å². The smallest absolute Gasteiger partial charge is 0.326 e. The van der Waals surface area contributed by atoms with Crippen LogP contribution in [0.5, 0.6) is 0 Å². The van der Waals surface area contributed by atoms with Crippen LogP contribution in [0.15, 0.2) is 30.3 Å². The van der Waals surface area contributed by atoms with Gasteiger partial charge in [-0.05, 0) is 37.2 Å². The Morgan fingerprint density at radius 1 is 1.18 bits per heavy atom. The average molecular weight is 303 g/mol. The highest BCUT2D eigenvalue weighted by Gasteiger charge is 2.28. The van der Waals surface area contributed by atoms with Crippen molar-refractivity contribution in [3.8, 4) is 0 Å². The van der Waals surface area contributed by atoms with Gasteiger partial charge in [0.25, 0.3) is 0 Å². The Hall–Kier alpha value is -1.84. The lowest BCUT2D eigenvalue weighted by Gasteiger charge is -2.28. The van der Waals surface area contributed by atoms with Crippen LogP contribution in [0.4, 0.5) is 0 Å². The second kappa shape index (κ2) is 7.97. The highest BCUT2D eigenvalue weighted by Crippen LogP contribution is 2.30. The number of carboxylic acid groups (broad SMARTS) is 1. The standard InChI is InChI=1S/C18H25NO3/c1-2-13-8-10-15(11-9-13)17(20)19-16(18(21)22)12-14-6-4-3-5-7-14/h3-7,13,15-16H,2,8-12H2,1H3,(H,19,20)(H,21,22)/t13?,15?,16-/m1/s1. The summed E-state index contributed by atoms with van der Waals surface area (Å²) in [5, 5.41) is 12.1. The maximum Gasteiger partial charge on any atom is 0.326 e. The van der Waals surface area contributed by atoms with E-state index in [1.165, 1.54) is 6.42 Å². The van der Waals surface area contributed by atoms with Crippen LogP contribution < -0.4 is 5.32 Å². The molecule has 0 aliphatic heterocycles. The summed E-state index contributed by atoms with van der Waals surface area (Å²) in [6.07, 6.45) is 5.40. The Morgan fingerprint density at radius 2 is 1.82 bits per heavy atom. The van der Waals surface area contributed by atoms with Gasteiger partial charge in [-0.1, -0.05) is 43.7 Å². The number of nitrogens with one attached hydrogen (secondary N) is 1. The summed E-state index contributed by atoms with van der Waals surface area (Å²) in [6.45, 7) is 2.19. The summed E-state index contributed by atoms with van der Waals surface area (Å²) in [6, 6.07) is 8.57. The molecular weight excluding hydrogens is 278 g/mol. The zero-order valence-corrected chi connectivity index (χ0v) is 13.1. The zero-order valence-electron chi connectivity index (χ0n) is 13.1. The second-order valence-corrected chi connectivity index (χ2v) is 6.22. The molecule has 1 fully saturated rings. The van der Waals surface area contributed by atoms with E-state index in [9.17, 15) is 14.7 Å². The molecule has 0 unspecified atom stereocenters. The Balaban J connectivity index is 1.91. The summed E-state index contributed by atoms with van der Waals surface area (Å²) in [5.41, 5.74) is 0.921. The van der Waals surface area contributed by atoms with Gasteiger partial charge >= 0.3 is 5.97 Å². The molecule has 0 saturated heterocycles.